The van der Waals surface area contributed by atoms with Crippen molar-refractivity contribution in [2.45, 2.75) is 26.2 Å². The van der Waals surface area contributed by atoms with Gasteiger partial charge in [0.15, 0.2) is 0 Å². The Balaban J connectivity index is 1.29. The normalized spacial score (nSPS) is 15.9. The molecule has 0 aliphatic carbocycles. The molecule has 0 saturated carbocycles. The van der Waals surface area contributed by atoms with Crippen molar-refractivity contribution in [1.82, 2.24) is 10.1 Å². The van der Waals surface area contributed by atoms with Crippen LogP contribution in [0.2, 0.25) is 0 Å². The average Bonchev–Trinajstić information content (AvgIpc) is 3.44. The summed E-state index contributed by atoms with van der Waals surface area (Å²) in [6.07, 6.45) is 0.360. The number of carbonyl (C=O) groups is 1. The van der Waals surface area contributed by atoms with Crippen LogP contribution in [0.3, 0.4) is 0 Å². The second kappa shape index (κ2) is 8.30. The van der Waals surface area contributed by atoms with E-state index in [-0.39, 0.29) is 11.8 Å². The number of carbonyl (C=O) groups excluding carboxylic acids is 1. The van der Waals surface area contributed by atoms with Gasteiger partial charge in [-0.3, -0.25) is 4.79 Å². The molecular weight excluding hydrogens is 402 g/mol. The second-order valence-electron chi connectivity index (χ2n) is 8.07. The third kappa shape index (κ3) is 3.99. The van der Waals surface area contributed by atoms with E-state index in [4.69, 9.17) is 9.26 Å². The van der Waals surface area contributed by atoms with Crippen LogP contribution in [-0.2, 0) is 4.79 Å². The number of benzene rings is 3. The van der Waals surface area contributed by atoms with Crippen LogP contribution in [0.15, 0.2) is 77.3 Å². The highest BCUT2D eigenvalue weighted by Gasteiger charge is 2.35. The van der Waals surface area contributed by atoms with Gasteiger partial charge in [-0.05, 0) is 73.5 Å². The van der Waals surface area contributed by atoms with Gasteiger partial charge in [-0.15, -0.1) is 0 Å². The first-order valence-corrected chi connectivity index (χ1v) is 10.6. The van der Waals surface area contributed by atoms with E-state index in [2.05, 4.69) is 24.0 Å². The predicted octanol–water partition coefficient (Wildman–Crippen LogP) is 5.67. The van der Waals surface area contributed by atoms with Crippen LogP contribution in [0.25, 0.3) is 11.4 Å². The van der Waals surface area contributed by atoms with Gasteiger partial charge in [0.05, 0.1) is 5.92 Å². The molecule has 4 aromatic rings. The monoisotopic (exact) mass is 425 g/mol. The first-order chi connectivity index (χ1) is 15.6. The zero-order valence-corrected chi connectivity index (χ0v) is 18.0. The van der Waals surface area contributed by atoms with E-state index in [9.17, 15) is 4.79 Å². The zero-order chi connectivity index (χ0) is 22.1. The van der Waals surface area contributed by atoms with Crippen molar-refractivity contribution in [3.63, 3.8) is 0 Å². The molecule has 5 rings (SSSR count). The number of nitrogens with zero attached hydrogens (tertiary/aromatic N) is 3. The Hall–Kier alpha value is -3.93. The molecule has 0 unspecified atom stereocenters. The Morgan fingerprint density at radius 3 is 2.44 bits per heavy atom. The van der Waals surface area contributed by atoms with Crippen LogP contribution >= 0.6 is 0 Å². The zero-order valence-electron chi connectivity index (χ0n) is 18.0. The fraction of sp³-hybridized carbons (Fsp3) is 0.192. The standard InChI is InChI=1S/C26H23N3O3/c1-17-8-11-21(14-18(17)2)29-16-20(15-24(29)30)26-27-25(28-32-26)19-9-12-23(13-10-19)31-22-6-4-3-5-7-22/h3-14,20H,15-16H2,1-2H3/t20-/m1/s1. The summed E-state index contributed by atoms with van der Waals surface area (Å²) in [7, 11) is 0. The van der Waals surface area contributed by atoms with E-state index >= 15 is 0 Å². The average molecular weight is 425 g/mol. The van der Waals surface area contributed by atoms with Gasteiger partial charge in [0, 0.05) is 24.2 Å². The van der Waals surface area contributed by atoms with Crippen molar-refractivity contribution >= 4 is 11.6 Å². The van der Waals surface area contributed by atoms with Crippen LogP contribution < -0.4 is 9.64 Å². The lowest BCUT2D eigenvalue weighted by Crippen LogP contribution is -2.24. The van der Waals surface area contributed by atoms with E-state index in [0.29, 0.717) is 24.7 Å². The van der Waals surface area contributed by atoms with E-state index in [0.717, 1.165) is 22.7 Å². The molecule has 0 radical (unpaired) electrons. The summed E-state index contributed by atoms with van der Waals surface area (Å²) in [6, 6.07) is 23.2. The fourth-order valence-corrected chi connectivity index (χ4v) is 3.83. The van der Waals surface area contributed by atoms with Crippen molar-refractivity contribution in [3.8, 4) is 22.9 Å². The molecule has 0 N–H and O–H groups in total. The molecule has 2 heterocycles. The predicted molar refractivity (Wildman–Crippen MR) is 122 cm³/mol. The number of hydrogen-bond acceptors (Lipinski definition) is 5. The molecule has 32 heavy (non-hydrogen) atoms. The Kier molecular flexibility index (Phi) is 5.19. The first-order valence-electron chi connectivity index (χ1n) is 10.6. The lowest BCUT2D eigenvalue weighted by molar-refractivity contribution is -0.117. The number of anilines is 1. The SMILES string of the molecule is Cc1ccc(N2C[C@H](c3nc(-c4ccc(Oc5ccccc5)cc4)no3)CC2=O)cc1C. The molecule has 0 bridgehead atoms. The third-order valence-corrected chi connectivity index (χ3v) is 5.81. The van der Waals surface area contributed by atoms with Crippen LogP contribution in [0.1, 0.15) is 29.4 Å². The molecule has 1 aliphatic heterocycles. The van der Waals surface area contributed by atoms with Gasteiger partial charge in [-0.1, -0.05) is 29.4 Å². The molecule has 1 saturated heterocycles. The van der Waals surface area contributed by atoms with E-state index < -0.39 is 0 Å². The van der Waals surface area contributed by atoms with Gasteiger partial charge >= 0.3 is 0 Å². The summed E-state index contributed by atoms with van der Waals surface area (Å²) in [5.41, 5.74) is 4.11. The molecule has 3 aromatic carbocycles. The summed E-state index contributed by atoms with van der Waals surface area (Å²) in [5, 5.41) is 4.14. The van der Waals surface area contributed by atoms with Crippen molar-refractivity contribution < 1.29 is 14.1 Å². The van der Waals surface area contributed by atoms with Crippen molar-refractivity contribution in [1.29, 1.82) is 0 Å². The fourth-order valence-electron chi connectivity index (χ4n) is 3.83. The third-order valence-electron chi connectivity index (χ3n) is 5.81. The molecule has 1 fully saturated rings. The molecule has 1 amide bonds. The Bertz CT molecular complexity index is 1250. The van der Waals surface area contributed by atoms with Crippen LogP contribution in [0, 0.1) is 13.8 Å². The lowest BCUT2D eigenvalue weighted by Gasteiger charge is -2.17. The van der Waals surface area contributed by atoms with Crippen LogP contribution in [0.4, 0.5) is 5.69 Å². The van der Waals surface area contributed by atoms with Crippen molar-refractivity contribution in [3.05, 3.63) is 89.8 Å². The molecule has 1 atom stereocenters. The molecule has 1 aromatic heterocycles. The van der Waals surface area contributed by atoms with E-state index in [1.807, 2.05) is 72.8 Å². The minimum Gasteiger partial charge on any atom is -0.457 e. The Labute approximate surface area is 186 Å². The highest BCUT2D eigenvalue weighted by Crippen LogP contribution is 2.33. The van der Waals surface area contributed by atoms with Crippen LogP contribution in [-0.4, -0.2) is 22.6 Å². The summed E-state index contributed by atoms with van der Waals surface area (Å²) >= 11 is 0. The maximum atomic E-state index is 12.6. The first kappa shape index (κ1) is 20.0. The number of amides is 1. The molecule has 6 nitrogen and oxygen atoms in total. The van der Waals surface area contributed by atoms with E-state index in [1.165, 1.54) is 11.1 Å². The summed E-state index contributed by atoms with van der Waals surface area (Å²) in [5.74, 6) is 2.45. The summed E-state index contributed by atoms with van der Waals surface area (Å²) < 4.78 is 11.4. The van der Waals surface area contributed by atoms with Gasteiger partial charge in [0.25, 0.3) is 0 Å². The highest BCUT2D eigenvalue weighted by atomic mass is 16.5. The van der Waals surface area contributed by atoms with Gasteiger partial charge in [0.1, 0.15) is 11.5 Å². The topological polar surface area (TPSA) is 68.5 Å². The number of aromatic nitrogens is 2. The molecule has 6 heteroatoms. The van der Waals surface area contributed by atoms with Gasteiger partial charge < -0.3 is 14.2 Å². The quantitative estimate of drug-likeness (QED) is 0.412. The minimum absolute atomic E-state index is 0.0698. The smallest absolute Gasteiger partial charge is 0.232 e. The molecule has 0 spiro atoms. The highest BCUT2D eigenvalue weighted by molar-refractivity contribution is 5.96. The maximum absolute atomic E-state index is 12.6. The largest absolute Gasteiger partial charge is 0.457 e. The maximum Gasteiger partial charge on any atom is 0.232 e. The Morgan fingerprint density at radius 1 is 0.938 bits per heavy atom. The van der Waals surface area contributed by atoms with Gasteiger partial charge in [0.2, 0.25) is 17.6 Å². The van der Waals surface area contributed by atoms with Gasteiger partial charge in [-0.2, -0.15) is 4.98 Å². The number of hydrogen-bond donors (Lipinski definition) is 0. The van der Waals surface area contributed by atoms with Gasteiger partial charge in [-0.25, -0.2) is 0 Å². The molecule has 1 aliphatic rings. The van der Waals surface area contributed by atoms with E-state index in [1.54, 1.807) is 4.90 Å². The molecular formula is C26H23N3O3. The number of ether oxygens (including phenoxy) is 1. The number of para-hydroxylation sites is 1. The molecule has 160 valence electrons. The summed E-state index contributed by atoms with van der Waals surface area (Å²) in [6.45, 7) is 4.65. The lowest BCUT2D eigenvalue weighted by atomic mass is 10.1. The van der Waals surface area contributed by atoms with Crippen LogP contribution in [0.5, 0.6) is 11.5 Å². The minimum atomic E-state index is -0.119. The number of aryl methyl sites for hydroxylation is 2. The van der Waals surface area contributed by atoms with Crippen molar-refractivity contribution in [2.75, 3.05) is 11.4 Å². The second-order valence-corrected chi connectivity index (χ2v) is 8.07. The van der Waals surface area contributed by atoms with Crippen molar-refractivity contribution in [2.24, 2.45) is 0 Å². The number of rotatable bonds is 5. The Morgan fingerprint density at radius 2 is 1.69 bits per heavy atom. The summed E-state index contributed by atoms with van der Waals surface area (Å²) in [4.78, 5) is 19.0.